The number of hydrogen-bond acceptors (Lipinski definition) is 4. The van der Waals surface area contributed by atoms with Crippen LogP contribution in [0.1, 0.15) is 0 Å². The standard InChI is InChI=1S/C7H11NO2S/c9-4-7(10)3-8-6-1-2-11-5-6/h1-2,5,7-10H,3-4H2. The molecule has 3 nitrogen and oxygen atoms in total. The fourth-order valence-corrected chi connectivity index (χ4v) is 1.28. The third-order valence-corrected chi connectivity index (χ3v) is 1.96. The minimum Gasteiger partial charge on any atom is -0.394 e. The molecule has 0 spiro atoms. The maximum Gasteiger partial charge on any atom is 0.0942 e. The van der Waals surface area contributed by atoms with Gasteiger partial charge < -0.3 is 15.5 Å². The molecule has 0 saturated heterocycles. The number of anilines is 1. The molecule has 0 aliphatic rings. The zero-order valence-corrected chi connectivity index (χ0v) is 6.84. The summed E-state index contributed by atoms with van der Waals surface area (Å²) in [7, 11) is 0. The molecule has 11 heavy (non-hydrogen) atoms. The van der Waals surface area contributed by atoms with Crippen LogP contribution >= 0.6 is 11.3 Å². The number of aliphatic hydroxyl groups excluding tert-OH is 2. The molecule has 0 aliphatic carbocycles. The Morgan fingerprint density at radius 2 is 2.45 bits per heavy atom. The smallest absolute Gasteiger partial charge is 0.0942 e. The summed E-state index contributed by atoms with van der Waals surface area (Å²) < 4.78 is 0. The van der Waals surface area contributed by atoms with Crippen LogP contribution in [0.4, 0.5) is 5.69 Å². The molecular weight excluding hydrogens is 162 g/mol. The Morgan fingerprint density at radius 3 is 3.00 bits per heavy atom. The van der Waals surface area contributed by atoms with E-state index < -0.39 is 6.10 Å². The summed E-state index contributed by atoms with van der Waals surface area (Å²) in [6.45, 7) is 0.199. The Bertz CT molecular complexity index is 188. The van der Waals surface area contributed by atoms with Gasteiger partial charge in [-0.1, -0.05) is 0 Å². The number of hydrogen-bond donors (Lipinski definition) is 3. The number of rotatable bonds is 4. The lowest BCUT2D eigenvalue weighted by atomic mass is 10.3. The van der Waals surface area contributed by atoms with Gasteiger partial charge in [0.2, 0.25) is 0 Å². The first-order valence-electron chi connectivity index (χ1n) is 3.38. The lowest BCUT2D eigenvalue weighted by Crippen LogP contribution is -2.22. The van der Waals surface area contributed by atoms with Crippen molar-refractivity contribution in [3.8, 4) is 0 Å². The molecule has 0 fully saturated rings. The molecule has 0 aromatic carbocycles. The number of thiophene rings is 1. The van der Waals surface area contributed by atoms with Gasteiger partial charge in [-0.2, -0.15) is 11.3 Å². The van der Waals surface area contributed by atoms with Crippen molar-refractivity contribution in [2.75, 3.05) is 18.5 Å². The molecule has 0 aliphatic heterocycles. The van der Waals surface area contributed by atoms with Gasteiger partial charge in [0.15, 0.2) is 0 Å². The van der Waals surface area contributed by atoms with Gasteiger partial charge in [0, 0.05) is 17.6 Å². The highest BCUT2D eigenvalue weighted by Gasteiger charge is 2.00. The molecule has 1 heterocycles. The molecule has 3 N–H and O–H groups in total. The van der Waals surface area contributed by atoms with Crippen LogP contribution < -0.4 is 5.32 Å². The molecule has 0 bridgehead atoms. The van der Waals surface area contributed by atoms with Crippen molar-refractivity contribution in [3.05, 3.63) is 16.8 Å². The molecule has 1 rings (SSSR count). The van der Waals surface area contributed by atoms with E-state index in [0.717, 1.165) is 5.69 Å². The monoisotopic (exact) mass is 173 g/mol. The van der Waals surface area contributed by atoms with E-state index in [9.17, 15) is 0 Å². The minimum absolute atomic E-state index is 0.197. The van der Waals surface area contributed by atoms with E-state index in [1.54, 1.807) is 11.3 Å². The van der Waals surface area contributed by atoms with Crippen molar-refractivity contribution >= 4 is 17.0 Å². The highest BCUT2D eigenvalue weighted by molar-refractivity contribution is 7.08. The van der Waals surface area contributed by atoms with Crippen LogP contribution in [0.5, 0.6) is 0 Å². The minimum atomic E-state index is -0.671. The summed E-state index contributed by atoms with van der Waals surface area (Å²) in [5.41, 5.74) is 0.988. The predicted octanol–water partition coefficient (Wildman–Crippen LogP) is 0.513. The maximum absolute atomic E-state index is 8.95. The Morgan fingerprint density at radius 1 is 1.64 bits per heavy atom. The van der Waals surface area contributed by atoms with Gasteiger partial charge in [0.05, 0.1) is 12.7 Å². The molecule has 62 valence electrons. The Hall–Kier alpha value is -0.580. The summed E-state index contributed by atoms with van der Waals surface area (Å²) >= 11 is 1.59. The highest BCUT2D eigenvalue weighted by Crippen LogP contribution is 2.11. The first kappa shape index (κ1) is 8.52. The predicted molar refractivity (Wildman–Crippen MR) is 45.9 cm³/mol. The van der Waals surface area contributed by atoms with Crippen LogP contribution in [-0.2, 0) is 0 Å². The van der Waals surface area contributed by atoms with E-state index in [-0.39, 0.29) is 6.61 Å². The molecule has 4 heteroatoms. The van der Waals surface area contributed by atoms with E-state index in [1.807, 2.05) is 16.8 Å². The fraction of sp³-hybridized carbons (Fsp3) is 0.429. The van der Waals surface area contributed by atoms with E-state index in [1.165, 1.54) is 0 Å². The van der Waals surface area contributed by atoms with E-state index >= 15 is 0 Å². The normalized spacial score (nSPS) is 12.9. The average Bonchev–Trinajstić information content (AvgIpc) is 2.52. The van der Waals surface area contributed by atoms with Crippen LogP contribution in [0.3, 0.4) is 0 Å². The average molecular weight is 173 g/mol. The molecule has 1 aromatic heterocycles. The summed E-state index contributed by atoms with van der Waals surface area (Å²) in [6, 6.07) is 1.93. The molecule has 0 radical (unpaired) electrons. The summed E-state index contributed by atoms with van der Waals surface area (Å²) in [5.74, 6) is 0. The third-order valence-electron chi connectivity index (χ3n) is 1.27. The molecule has 1 unspecified atom stereocenters. The first-order valence-corrected chi connectivity index (χ1v) is 4.32. The second-order valence-corrected chi connectivity index (χ2v) is 3.01. The molecule has 0 saturated carbocycles. The highest BCUT2D eigenvalue weighted by atomic mass is 32.1. The lowest BCUT2D eigenvalue weighted by Gasteiger charge is -2.07. The van der Waals surface area contributed by atoms with Gasteiger partial charge in [-0.15, -0.1) is 0 Å². The van der Waals surface area contributed by atoms with Crippen molar-refractivity contribution in [2.24, 2.45) is 0 Å². The first-order chi connectivity index (χ1) is 5.33. The van der Waals surface area contributed by atoms with Crippen LogP contribution in [0.15, 0.2) is 16.8 Å². The summed E-state index contributed by atoms with van der Waals surface area (Å²) in [4.78, 5) is 0. The zero-order valence-electron chi connectivity index (χ0n) is 6.03. The summed E-state index contributed by atoms with van der Waals surface area (Å²) in [6.07, 6.45) is -0.671. The van der Waals surface area contributed by atoms with Gasteiger partial charge in [0.25, 0.3) is 0 Å². The molecule has 0 amide bonds. The van der Waals surface area contributed by atoms with E-state index in [4.69, 9.17) is 10.2 Å². The van der Waals surface area contributed by atoms with Crippen LogP contribution in [0.25, 0.3) is 0 Å². The van der Waals surface area contributed by atoms with Gasteiger partial charge in [-0.25, -0.2) is 0 Å². The molecule has 1 aromatic rings. The van der Waals surface area contributed by atoms with Crippen molar-refractivity contribution in [2.45, 2.75) is 6.10 Å². The Kier molecular flexibility index (Phi) is 3.35. The number of aliphatic hydroxyl groups is 2. The van der Waals surface area contributed by atoms with Crippen LogP contribution in [-0.4, -0.2) is 29.5 Å². The van der Waals surface area contributed by atoms with Crippen LogP contribution in [0.2, 0.25) is 0 Å². The largest absolute Gasteiger partial charge is 0.394 e. The summed E-state index contributed by atoms with van der Waals surface area (Å²) in [5, 5.41) is 24.3. The van der Waals surface area contributed by atoms with E-state index in [0.29, 0.717) is 6.54 Å². The van der Waals surface area contributed by atoms with Crippen LogP contribution in [0, 0.1) is 0 Å². The quantitative estimate of drug-likeness (QED) is 0.622. The molecule has 1 atom stereocenters. The van der Waals surface area contributed by atoms with Crippen molar-refractivity contribution in [3.63, 3.8) is 0 Å². The second-order valence-electron chi connectivity index (χ2n) is 2.23. The Balaban J connectivity index is 2.23. The lowest BCUT2D eigenvalue weighted by molar-refractivity contribution is 0.105. The number of nitrogens with one attached hydrogen (secondary N) is 1. The topological polar surface area (TPSA) is 52.5 Å². The van der Waals surface area contributed by atoms with Crippen molar-refractivity contribution < 1.29 is 10.2 Å². The van der Waals surface area contributed by atoms with Gasteiger partial charge >= 0.3 is 0 Å². The maximum atomic E-state index is 8.95. The van der Waals surface area contributed by atoms with Crippen molar-refractivity contribution in [1.82, 2.24) is 0 Å². The molecular formula is C7H11NO2S. The zero-order chi connectivity index (χ0) is 8.10. The van der Waals surface area contributed by atoms with Gasteiger partial charge in [-0.05, 0) is 11.4 Å². The third kappa shape index (κ3) is 2.88. The fourth-order valence-electron chi connectivity index (χ4n) is 0.665. The Labute approximate surface area is 69.3 Å². The SMILES string of the molecule is OCC(O)CNc1ccsc1. The van der Waals surface area contributed by atoms with E-state index in [2.05, 4.69) is 5.32 Å². The second kappa shape index (κ2) is 4.33. The van der Waals surface area contributed by atoms with Gasteiger partial charge in [-0.3, -0.25) is 0 Å². The van der Waals surface area contributed by atoms with Gasteiger partial charge in [0.1, 0.15) is 0 Å². The van der Waals surface area contributed by atoms with Crippen molar-refractivity contribution in [1.29, 1.82) is 0 Å².